The predicted molar refractivity (Wildman–Crippen MR) is 76.1 cm³/mol. The van der Waals surface area contributed by atoms with E-state index >= 15 is 0 Å². The molecule has 2 aromatic rings. The summed E-state index contributed by atoms with van der Waals surface area (Å²) in [5.41, 5.74) is 2.32. The number of hydrogen-bond acceptors (Lipinski definition) is 3. The van der Waals surface area contributed by atoms with Crippen molar-refractivity contribution in [2.75, 3.05) is 6.54 Å². The molecule has 3 rings (SSSR count). The molecule has 0 aliphatic carbocycles. The highest BCUT2D eigenvalue weighted by atomic mass is 35.5. The molecule has 1 amide bonds. The van der Waals surface area contributed by atoms with Crippen LogP contribution in [0.2, 0.25) is 5.02 Å². The summed E-state index contributed by atoms with van der Waals surface area (Å²) < 4.78 is 5.65. The maximum absolute atomic E-state index is 11.6. The highest BCUT2D eigenvalue weighted by Crippen LogP contribution is 2.20. The number of carbonyl (C=O) groups excluding carboxylic acids is 1. The molecule has 0 unspecified atom stereocenters. The Morgan fingerprint density at radius 1 is 1.25 bits per heavy atom. The SMILES string of the molecule is O=C1NCCc2nc(OCc3ccccc3Cl)ccc21. The number of rotatable bonds is 3. The Labute approximate surface area is 121 Å². The Kier molecular flexibility index (Phi) is 3.56. The fourth-order valence-electron chi connectivity index (χ4n) is 2.12. The molecular weight excluding hydrogens is 276 g/mol. The fraction of sp³-hybridized carbons (Fsp3) is 0.200. The van der Waals surface area contributed by atoms with Gasteiger partial charge in [-0.05, 0) is 12.1 Å². The molecule has 4 nitrogen and oxygen atoms in total. The average Bonchev–Trinajstić information content (AvgIpc) is 2.46. The normalized spacial score (nSPS) is 13.6. The van der Waals surface area contributed by atoms with Crippen molar-refractivity contribution in [3.05, 3.63) is 58.2 Å². The second-order valence-corrected chi connectivity index (χ2v) is 4.94. The summed E-state index contributed by atoms with van der Waals surface area (Å²) in [7, 11) is 0. The lowest BCUT2D eigenvalue weighted by atomic mass is 10.1. The van der Waals surface area contributed by atoms with E-state index < -0.39 is 0 Å². The molecule has 0 fully saturated rings. The molecule has 1 N–H and O–H groups in total. The highest BCUT2D eigenvalue weighted by molar-refractivity contribution is 6.31. The lowest BCUT2D eigenvalue weighted by Crippen LogP contribution is -2.32. The number of amides is 1. The van der Waals surface area contributed by atoms with Gasteiger partial charge in [0.25, 0.3) is 5.91 Å². The van der Waals surface area contributed by atoms with Crippen LogP contribution in [0.1, 0.15) is 21.6 Å². The Morgan fingerprint density at radius 3 is 2.95 bits per heavy atom. The van der Waals surface area contributed by atoms with Crippen molar-refractivity contribution in [1.82, 2.24) is 10.3 Å². The zero-order valence-electron chi connectivity index (χ0n) is 10.7. The molecule has 2 heterocycles. The number of carbonyl (C=O) groups is 1. The Morgan fingerprint density at radius 2 is 2.10 bits per heavy atom. The third-order valence-electron chi connectivity index (χ3n) is 3.17. The van der Waals surface area contributed by atoms with Gasteiger partial charge in [-0.1, -0.05) is 29.8 Å². The minimum atomic E-state index is -0.0728. The third kappa shape index (κ3) is 2.60. The number of ether oxygens (including phenoxy) is 1. The molecule has 0 radical (unpaired) electrons. The quantitative estimate of drug-likeness (QED) is 0.944. The van der Waals surface area contributed by atoms with Crippen molar-refractivity contribution in [2.45, 2.75) is 13.0 Å². The maximum atomic E-state index is 11.6. The second-order valence-electron chi connectivity index (χ2n) is 4.53. The number of nitrogens with zero attached hydrogens (tertiary/aromatic N) is 1. The van der Waals surface area contributed by atoms with E-state index in [2.05, 4.69) is 10.3 Å². The van der Waals surface area contributed by atoms with Crippen molar-refractivity contribution in [2.24, 2.45) is 0 Å². The third-order valence-corrected chi connectivity index (χ3v) is 3.54. The molecule has 1 aliphatic heterocycles. The van der Waals surface area contributed by atoms with E-state index in [0.29, 0.717) is 29.6 Å². The van der Waals surface area contributed by atoms with Gasteiger partial charge in [0.2, 0.25) is 5.88 Å². The minimum Gasteiger partial charge on any atom is -0.473 e. The van der Waals surface area contributed by atoms with Crippen LogP contribution in [0.4, 0.5) is 0 Å². The molecule has 0 bridgehead atoms. The molecule has 0 atom stereocenters. The van der Waals surface area contributed by atoms with Gasteiger partial charge in [0.1, 0.15) is 6.61 Å². The van der Waals surface area contributed by atoms with Gasteiger partial charge in [-0.2, -0.15) is 0 Å². The predicted octanol–water partition coefficient (Wildman–Crippen LogP) is 2.60. The van der Waals surface area contributed by atoms with Crippen LogP contribution < -0.4 is 10.1 Å². The molecule has 102 valence electrons. The van der Waals surface area contributed by atoms with Crippen LogP contribution in [0.3, 0.4) is 0 Å². The lowest BCUT2D eigenvalue weighted by Gasteiger charge is -2.16. The molecule has 0 saturated heterocycles. The second kappa shape index (κ2) is 5.51. The summed E-state index contributed by atoms with van der Waals surface area (Å²) >= 11 is 6.07. The van der Waals surface area contributed by atoms with Gasteiger partial charge in [0.15, 0.2) is 0 Å². The Hall–Kier alpha value is -2.07. The molecule has 0 saturated carbocycles. The summed E-state index contributed by atoms with van der Waals surface area (Å²) in [6.45, 7) is 0.977. The number of benzene rings is 1. The van der Waals surface area contributed by atoms with E-state index in [4.69, 9.17) is 16.3 Å². The first kappa shape index (κ1) is 12.9. The number of nitrogens with one attached hydrogen (secondary N) is 1. The topological polar surface area (TPSA) is 51.2 Å². The van der Waals surface area contributed by atoms with E-state index in [1.165, 1.54) is 0 Å². The molecule has 20 heavy (non-hydrogen) atoms. The number of pyridine rings is 1. The highest BCUT2D eigenvalue weighted by Gasteiger charge is 2.18. The molecule has 1 aliphatic rings. The molecular formula is C15H13ClN2O2. The summed E-state index contributed by atoms with van der Waals surface area (Å²) in [5, 5.41) is 3.46. The molecule has 1 aromatic carbocycles. The van der Waals surface area contributed by atoms with Crippen molar-refractivity contribution >= 4 is 17.5 Å². The van der Waals surface area contributed by atoms with Crippen molar-refractivity contribution in [1.29, 1.82) is 0 Å². The van der Waals surface area contributed by atoms with Crippen LogP contribution in [0.15, 0.2) is 36.4 Å². The van der Waals surface area contributed by atoms with Crippen LogP contribution in [0.25, 0.3) is 0 Å². The number of hydrogen-bond donors (Lipinski definition) is 1. The van der Waals surface area contributed by atoms with E-state index in [9.17, 15) is 4.79 Å². The fourth-order valence-corrected chi connectivity index (χ4v) is 2.31. The summed E-state index contributed by atoms with van der Waals surface area (Å²) in [5.74, 6) is 0.440. The van der Waals surface area contributed by atoms with Gasteiger partial charge in [-0.25, -0.2) is 4.98 Å². The molecule has 0 spiro atoms. The van der Waals surface area contributed by atoms with E-state index in [1.54, 1.807) is 12.1 Å². The summed E-state index contributed by atoms with van der Waals surface area (Å²) in [6.07, 6.45) is 0.727. The molecule has 5 heteroatoms. The average molecular weight is 289 g/mol. The minimum absolute atomic E-state index is 0.0728. The zero-order valence-corrected chi connectivity index (χ0v) is 11.5. The van der Waals surface area contributed by atoms with Crippen LogP contribution in [-0.4, -0.2) is 17.4 Å². The first-order valence-corrected chi connectivity index (χ1v) is 6.76. The van der Waals surface area contributed by atoms with Gasteiger partial charge in [-0.3, -0.25) is 4.79 Å². The van der Waals surface area contributed by atoms with Crippen molar-refractivity contribution in [3.8, 4) is 5.88 Å². The first-order chi connectivity index (χ1) is 9.74. The van der Waals surface area contributed by atoms with Crippen LogP contribution in [0, 0.1) is 0 Å². The van der Waals surface area contributed by atoms with Gasteiger partial charge in [0.05, 0.1) is 11.3 Å². The van der Waals surface area contributed by atoms with Crippen molar-refractivity contribution in [3.63, 3.8) is 0 Å². The van der Waals surface area contributed by atoms with Crippen LogP contribution in [0.5, 0.6) is 5.88 Å². The zero-order chi connectivity index (χ0) is 13.9. The number of fused-ring (bicyclic) bond motifs is 1. The van der Waals surface area contributed by atoms with Crippen LogP contribution in [-0.2, 0) is 13.0 Å². The van der Waals surface area contributed by atoms with Crippen LogP contribution >= 0.6 is 11.6 Å². The van der Waals surface area contributed by atoms with E-state index in [-0.39, 0.29) is 5.91 Å². The lowest BCUT2D eigenvalue weighted by molar-refractivity contribution is 0.0944. The Bertz CT molecular complexity index is 658. The Balaban J connectivity index is 1.76. The standard InChI is InChI=1S/C15H13ClN2O2/c16-12-4-2-1-3-10(12)9-20-14-6-5-11-13(18-14)7-8-17-15(11)19/h1-6H,7-9H2,(H,17,19). The van der Waals surface area contributed by atoms with Gasteiger partial charge in [0, 0.05) is 29.6 Å². The molecule has 1 aromatic heterocycles. The summed E-state index contributed by atoms with van der Waals surface area (Å²) in [6, 6.07) is 11.0. The first-order valence-electron chi connectivity index (χ1n) is 6.38. The largest absolute Gasteiger partial charge is 0.473 e. The van der Waals surface area contributed by atoms with E-state index in [0.717, 1.165) is 17.7 Å². The number of aromatic nitrogens is 1. The number of halogens is 1. The maximum Gasteiger partial charge on any atom is 0.253 e. The van der Waals surface area contributed by atoms with Crippen molar-refractivity contribution < 1.29 is 9.53 Å². The monoisotopic (exact) mass is 288 g/mol. The van der Waals surface area contributed by atoms with Gasteiger partial charge in [-0.15, -0.1) is 0 Å². The smallest absolute Gasteiger partial charge is 0.253 e. The van der Waals surface area contributed by atoms with Gasteiger partial charge < -0.3 is 10.1 Å². The van der Waals surface area contributed by atoms with Gasteiger partial charge >= 0.3 is 0 Å². The van der Waals surface area contributed by atoms with E-state index in [1.807, 2.05) is 24.3 Å². The summed E-state index contributed by atoms with van der Waals surface area (Å²) in [4.78, 5) is 16.0.